The number of fused-ring (bicyclic) bond motifs is 4. The average molecular weight is 346 g/mol. The molecule has 0 spiro atoms. The number of benzene rings is 1. The number of hydrogen-bond donors (Lipinski definition) is 0. The lowest BCUT2D eigenvalue weighted by atomic mass is 9.84. The van der Waals surface area contributed by atoms with Crippen molar-refractivity contribution in [3.8, 4) is 0 Å². The maximum Gasteiger partial charge on any atom is 0.0762 e. The van der Waals surface area contributed by atoms with E-state index >= 15 is 0 Å². The lowest BCUT2D eigenvalue weighted by molar-refractivity contribution is 0.0420. The van der Waals surface area contributed by atoms with Crippen LogP contribution in [0.15, 0.2) is 23.1 Å². The van der Waals surface area contributed by atoms with Crippen molar-refractivity contribution in [2.45, 2.75) is 42.8 Å². The molecule has 5 heterocycles. The third-order valence-corrected chi connectivity index (χ3v) is 7.65. The lowest BCUT2D eigenvalue weighted by Gasteiger charge is -2.47. The molecule has 0 N–H and O–H groups in total. The molecular weight excluding hydrogens is 318 g/mol. The van der Waals surface area contributed by atoms with Crippen LogP contribution < -0.4 is 4.90 Å². The van der Waals surface area contributed by atoms with Crippen LogP contribution in [0.4, 0.5) is 5.69 Å². The zero-order valence-electron chi connectivity index (χ0n) is 14.5. The molecule has 4 saturated heterocycles. The maximum atomic E-state index is 5.52. The second-order valence-corrected chi connectivity index (χ2v) is 8.85. The van der Waals surface area contributed by atoms with Gasteiger partial charge in [-0.25, -0.2) is 4.31 Å². The predicted octanol–water partition coefficient (Wildman–Crippen LogP) is 2.83. The zero-order valence-corrected chi connectivity index (χ0v) is 15.3. The van der Waals surface area contributed by atoms with Crippen molar-refractivity contribution in [3.63, 3.8) is 0 Å². The Morgan fingerprint density at radius 2 is 1.96 bits per heavy atom. The summed E-state index contributed by atoms with van der Waals surface area (Å²) in [7, 11) is 1.83. The Morgan fingerprint density at radius 1 is 1.08 bits per heavy atom. The SMILES string of the molecule is COC1CCN(c2ccc3c(c2)CN([C@@H]2CN4CCC2CC4)S3)C1. The van der Waals surface area contributed by atoms with E-state index in [1.807, 2.05) is 19.1 Å². The molecule has 130 valence electrons. The monoisotopic (exact) mass is 345 g/mol. The minimum absolute atomic E-state index is 0.399. The van der Waals surface area contributed by atoms with Gasteiger partial charge in [0.25, 0.3) is 0 Å². The average Bonchev–Trinajstić information content (AvgIpc) is 3.28. The van der Waals surface area contributed by atoms with Crippen molar-refractivity contribution >= 4 is 17.6 Å². The molecule has 0 amide bonds. The topological polar surface area (TPSA) is 19.0 Å². The van der Waals surface area contributed by atoms with Crippen LogP contribution in [0.5, 0.6) is 0 Å². The van der Waals surface area contributed by atoms with Gasteiger partial charge in [0.15, 0.2) is 0 Å². The van der Waals surface area contributed by atoms with Gasteiger partial charge >= 0.3 is 0 Å². The van der Waals surface area contributed by atoms with Crippen LogP contribution in [-0.4, -0.2) is 61.2 Å². The Morgan fingerprint density at radius 3 is 2.67 bits per heavy atom. The van der Waals surface area contributed by atoms with Crippen molar-refractivity contribution in [3.05, 3.63) is 23.8 Å². The molecule has 1 aromatic rings. The number of rotatable bonds is 3. The fraction of sp³-hybridized carbons (Fsp3) is 0.684. The summed E-state index contributed by atoms with van der Waals surface area (Å²) >= 11 is 2.00. The second-order valence-electron chi connectivity index (χ2n) is 7.76. The van der Waals surface area contributed by atoms with E-state index in [-0.39, 0.29) is 0 Å². The summed E-state index contributed by atoms with van der Waals surface area (Å²) in [6.45, 7) is 7.20. The van der Waals surface area contributed by atoms with E-state index in [1.165, 1.54) is 48.6 Å². The minimum Gasteiger partial charge on any atom is -0.380 e. The van der Waals surface area contributed by atoms with Crippen LogP contribution >= 0.6 is 11.9 Å². The van der Waals surface area contributed by atoms with E-state index in [2.05, 4.69) is 32.3 Å². The first kappa shape index (κ1) is 15.5. The maximum absolute atomic E-state index is 5.52. The smallest absolute Gasteiger partial charge is 0.0762 e. The molecule has 0 saturated carbocycles. The number of anilines is 1. The van der Waals surface area contributed by atoms with Crippen molar-refractivity contribution in [2.75, 3.05) is 44.7 Å². The van der Waals surface area contributed by atoms with Gasteiger partial charge in [0.05, 0.1) is 6.10 Å². The molecule has 0 aliphatic carbocycles. The normalized spacial score (nSPS) is 35.6. The third-order valence-electron chi connectivity index (χ3n) is 6.42. The van der Waals surface area contributed by atoms with Crippen LogP contribution in [0.2, 0.25) is 0 Å². The van der Waals surface area contributed by atoms with Crippen LogP contribution in [0.3, 0.4) is 0 Å². The van der Waals surface area contributed by atoms with Gasteiger partial charge in [0, 0.05) is 49.9 Å². The summed E-state index contributed by atoms with van der Waals surface area (Å²) in [6.07, 6.45) is 4.34. The highest BCUT2D eigenvalue weighted by molar-refractivity contribution is 7.97. The molecule has 4 nitrogen and oxygen atoms in total. The molecule has 5 aliphatic heterocycles. The predicted molar refractivity (Wildman–Crippen MR) is 98.4 cm³/mol. The summed E-state index contributed by atoms with van der Waals surface area (Å²) in [5.41, 5.74) is 2.90. The Hall–Kier alpha value is -0.750. The molecule has 2 atom stereocenters. The largest absolute Gasteiger partial charge is 0.380 e. The van der Waals surface area contributed by atoms with E-state index in [9.17, 15) is 0 Å². The molecule has 24 heavy (non-hydrogen) atoms. The standard InChI is InChI=1S/C19H27N3OS/c1-23-17-6-9-21(12-17)16-2-3-19-15(10-16)11-22(24-19)18-13-20-7-4-14(18)5-8-20/h2-3,10,14,17-18H,4-9,11-13H2,1H3/t17?,18-/m1/s1. The molecule has 5 aliphatic rings. The fourth-order valence-electron chi connectivity index (χ4n) is 4.90. The number of nitrogens with zero attached hydrogens (tertiary/aromatic N) is 3. The molecule has 5 heteroatoms. The molecular formula is C19H27N3OS. The van der Waals surface area contributed by atoms with Crippen molar-refractivity contribution in [2.24, 2.45) is 5.92 Å². The molecule has 0 aromatic heterocycles. The minimum atomic E-state index is 0.399. The van der Waals surface area contributed by atoms with E-state index < -0.39 is 0 Å². The van der Waals surface area contributed by atoms with Gasteiger partial charge in [-0.05, 0) is 74.0 Å². The van der Waals surface area contributed by atoms with Gasteiger partial charge in [-0.2, -0.15) is 0 Å². The Balaban J connectivity index is 1.31. The highest BCUT2D eigenvalue weighted by atomic mass is 32.2. The molecule has 0 radical (unpaired) electrons. The quantitative estimate of drug-likeness (QED) is 0.782. The van der Waals surface area contributed by atoms with Crippen LogP contribution in [0, 0.1) is 5.92 Å². The third kappa shape index (κ3) is 2.66. The Kier molecular flexibility index (Phi) is 4.01. The number of piperidine rings is 3. The van der Waals surface area contributed by atoms with E-state index in [0.717, 1.165) is 38.0 Å². The van der Waals surface area contributed by atoms with Crippen LogP contribution in [-0.2, 0) is 11.3 Å². The zero-order chi connectivity index (χ0) is 16.1. The first-order chi connectivity index (χ1) is 11.8. The van der Waals surface area contributed by atoms with Crippen LogP contribution in [0.25, 0.3) is 0 Å². The van der Waals surface area contributed by atoms with E-state index in [1.54, 1.807) is 0 Å². The fourth-order valence-corrected chi connectivity index (χ4v) is 6.10. The summed E-state index contributed by atoms with van der Waals surface area (Å²) in [5.74, 6) is 0.914. The van der Waals surface area contributed by atoms with Gasteiger partial charge in [-0.15, -0.1) is 0 Å². The summed E-state index contributed by atoms with van der Waals surface area (Å²) in [6, 6.07) is 7.83. The lowest BCUT2D eigenvalue weighted by Crippen LogP contribution is -2.55. The Labute approximate surface area is 149 Å². The molecule has 6 rings (SSSR count). The van der Waals surface area contributed by atoms with E-state index in [0.29, 0.717) is 6.10 Å². The first-order valence-electron chi connectivity index (χ1n) is 9.38. The summed E-state index contributed by atoms with van der Waals surface area (Å²) < 4.78 is 8.19. The molecule has 2 bridgehead atoms. The van der Waals surface area contributed by atoms with Crippen molar-refractivity contribution < 1.29 is 4.74 Å². The number of hydrogen-bond acceptors (Lipinski definition) is 5. The van der Waals surface area contributed by atoms with E-state index in [4.69, 9.17) is 4.74 Å². The Bertz CT molecular complexity index is 617. The highest BCUT2D eigenvalue weighted by Gasteiger charge is 2.40. The highest BCUT2D eigenvalue weighted by Crippen LogP contribution is 2.43. The van der Waals surface area contributed by atoms with Crippen molar-refractivity contribution in [1.82, 2.24) is 9.21 Å². The van der Waals surface area contributed by atoms with Gasteiger partial charge in [-0.3, -0.25) is 0 Å². The first-order valence-corrected chi connectivity index (χ1v) is 10.1. The van der Waals surface area contributed by atoms with Gasteiger partial charge in [0.1, 0.15) is 0 Å². The molecule has 1 aromatic carbocycles. The number of ether oxygens (including phenoxy) is 1. The van der Waals surface area contributed by atoms with Crippen LogP contribution in [0.1, 0.15) is 24.8 Å². The summed E-state index contributed by atoms with van der Waals surface area (Å²) in [5, 5.41) is 0. The summed E-state index contributed by atoms with van der Waals surface area (Å²) in [4.78, 5) is 6.61. The molecule has 4 fully saturated rings. The van der Waals surface area contributed by atoms with Gasteiger partial charge in [-0.1, -0.05) is 0 Å². The van der Waals surface area contributed by atoms with Gasteiger partial charge < -0.3 is 14.5 Å². The van der Waals surface area contributed by atoms with Crippen molar-refractivity contribution in [1.29, 1.82) is 0 Å². The molecule has 1 unspecified atom stereocenters. The number of methoxy groups -OCH3 is 1. The van der Waals surface area contributed by atoms with Gasteiger partial charge in [0.2, 0.25) is 0 Å². The second kappa shape index (κ2) is 6.20.